The van der Waals surface area contributed by atoms with E-state index in [1.807, 2.05) is 0 Å². The van der Waals surface area contributed by atoms with Gasteiger partial charge in [-0.1, -0.05) is 18.9 Å². The molecule has 1 nitrogen and oxygen atoms in total. The van der Waals surface area contributed by atoms with E-state index in [0.717, 1.165) is 43.4 Å². The monoisotopic (exact) mass is 374 g/mol. The Balaban J connectivity index is 1.29. The van der Waals surface area contributed by atoms with E-state index in [1.54, 1.807) is 25.0 Å². The second-order valence-electron chi connectivity index (χ2n) is 8.83. The average molecular weight is 375 g/mol. The van der Waals surface area contributed by atoms with Gasteiger partial charge < -0.3 is 4.74 Å². The molecule has 4 rings (SSSR count). The third kappa shape index (κ3) is 4.49. The van der Waals surface area contributed by atoms with Crippen LogP contribution in [-0.4, -0.2) is 6.61 Å². The fourth-order valence-corrected chi connectivity index (χ4v) is 5.23. The van der Waals surface area contributed by atoms with Crippen molar-refractivity contribution in [1.82, 2.24) is 0 Å². The van der Waals surface area contributed by atoms with Gasteiger partial charge in [-0.05, 0) is 100 Å². The van der Waals surface area contributed by atoms with Crippen LogP contribution in [0.3, 0.4) is 0 Å². The SMILES string of the molecule is CCOc1ccc([C]2CCC([C]3CCC(CC4CC4)CC3)CC2)c(F)c1F. The third-order valence-electron chi connectivity index (χ3n) is 7.01. The van der Waals surface area contributed by atoms with Gasteiger partial charge in [-0.3, -0.25) is 0 Å². The largest absolute Gasteiger partial charge is 0.491 e. The fraction of sp³-hybridized carbons (Fsp3) is 0.667. The van der Waals surface area contributed by atoms with Gasteiger partial charge in [-0.25, -0.2) is 4.39 Å². The minimum absolute atomic E-state index is 0.0200. The summed E-state index contributed by atoms with van der Waals surface area (Å²) in [5.41, 5.74) is 0.465. The molecule has 0 N–H and O–H groups in total. The van der Waals surface area contributed by atoms with Crippen LogP contribution in [-0.2, 0) is 0 Å². The Kier molecular flexibility index (Phi) is 6.04. The maximum absolute atomic E-state index is 14.5. The molecule has 1 aromatic rings. The van der Waals surface area contributed by atoms with E-state index in [-0.39, 0.29) is 5.75 Å². The topological polar surface area (TPSA) is 9.23 Å². The zero-order valence-corrected chi connectivity index (χ0v) is 16.5. The van der Waals surface area contributed by atoms with Crippen LogP contribution in [0.1, 0.15) is 83.1 Å². The predicted octanol–water partition coefficient (Wildman–Crippen LogP) is 7.04. The normalized spacial score (nSPS) is 23.7. The Bertz CT molecular complexity index is 624. The molecular weight excluding hydrogens is 342 g/mol. The summed E-state index contributed by atoms with van der Waals surface area (Å²) >= 11 is 0. The fourth-order valence-electron chi connectivity index (χ4n) is 5.23. The van der Waals surface area contributed by atoms with E-state index in [4.69, 9.17) is 4.74 Å². The average Bonchev–Trinajstić information content (AvgIpc) is 3.51. The van der Waals surface area contributed by atoms with Crippen LogP contribution in [0, 0.1) is 41.2 Å². The number of hydrogen-bond acceptors (Lipinski definition) is 1. The lowest BCUT2D eigenvalue weighted by molar-refractivity contribution is 0.280. The minimum Gasteiger partial charge on any atom is -0.491 e. The summed E-state index contributed by atoms with van der Waals surface area (Å²) < 4.78 is 33.8. The minimum atomic E-state index is -0.840. The van der Waals surface area contributed by atoms with Crippen LogP contribution in [0.25, 0.3) is 0 Å². The Hall–Kier alpha value is -1.12. The zero-order chi connectivity index (χ0) is 18.8. The van der Waals surface area contributed by atoms with Crippen molar-refractivity contribution in [3.05, 3.63) is 41.2 Å². The maximum atomic E-state index is 14.5. The highest BCUT2D eigenvalue weighted by Gasteiger charge is 2.34. The molecule has 0 aliphatic heterocycles. The van der Waals surface area contributed by atoms with Crippen molar-refractivity contribution in [1.29, 1.82) is 0 Å². The molecule has 0 heterocycles. The van der Waals surface area contributed by atoms with Crippen LogP contribution in [0.15, 0.2) is 12.1 Å². The van der Waals surface area contributed by atoms with Gasteiger partial charge in [0.15, 0.2) is 11.6 Å². The van der Waals surface area contributed by atoms with Gasteiger partial charge in [0, 0.05) is 5.92 Å². The van der Waals surface area contributed by atoms with Crippen molar-refractivity contribution in [2.75, 3.05) is 6.61 Å². The van der Waals surface area contributed by atoms with Gasteiger partial charge in [0.1, 0.15) is 0 Å². The van der Waals surface area contributed by atoms with Crippen molar-refractivity contribution in [3.8, 4) is 5.75 Å². The first kappa shape index (κ1) is 19.2. The molecule has 0 aromatic heterocycles. The molecule has 1 aromatic carbocycles. The summed E-state index contributed by atoms with van der Waals surface area (Å²) in [6, 6.07) is 3.28. The number of hydrogen-bond donors (Lipinski definition) is 0. The van der Waals surface area contributed by atoms with E-state index in [2.05, 4.69) is 0 Å². The Labute approximate surface area is 162 Å². The quantitative estimate of drug-likeness (QED) is 0.519. The standard InChI is InChI=1S/C24H32F2O/c1-2-27-22-14-13-21(23(25)24(22)26)20-11-9-19(10-12-20)18-7-5-17(6-8-18)15-16-3-4-16/h13-14,16-17,19H,2-12,15H2,1H3. The molecule has 27 heavy (non-hydrogen) atoms. The molecule has 3 aliphatic rings. The summed E-state index contributed by atoms with van der Waals surface area (Å²) in [6.07, 6.45) is 13.8. The van der Waals surface area contributed by atoms with E-state index >= 15 is 0 Å². The predicted molar refractivity (Wildman–Crippen MR) is 104 cm³/mol. The van der Waals surface area contributed by atoms with Gasteiger partial charge in [-0.2, -0.15) is 4.39 Å². The molecule has 148 valence electrons. The summed E-state index contributed by atoms with van der Waals surface area (Å²) in [5.74, 6) is 4.00. The molecule has 0 saturated heterocycles. The molecule has 3 saturated carbocycles. The molecule has 0 unspecified atom stereocenters. The summed E-state index contributed by atoms with van der Waals surface area (Å²) in [5, 5.41) is 0. The van der Waals surface area contributed by atoms with Crippen molar-refractivity contribution in [3.63, 3.8) is 0 Å². The number of benzene rings is 1. The van der Waals surface area contributed by atoms with Gasteiger partial charge in [-0.15, -0.1) is 0 Å². The van der Waals surface area contributed by atoms with Crippen molar-refractivity contribution >= 4 is 0 Å². The number of ether oxygens (including phenoxy) is 1. The highest BCUT2D eigenvalue weighted by Crippen LogP contribution is 2.47. The van der Waals surface area contributed by atoms with Gasteiger partial charge in [0.05, 0.1) is 6.61 Å². The molecule has 3 heteroatoms. The maximum Gasteiger partial charge on any atom is 0.200 e. The molecule has 2 radical (unpaired) electrons. The highest BCUT2D eigenvalue weighted by atomic mass is 19.2. The Morgan fingerprint density at radius 2 is 1.52 bits per heavy atom. The molecule has 3 fully saturated rings. The van der Waals surface area contributed by atoms with Crippen LogP contribution in [0.2, 0.25) is 0 Å². The van der Waals surface area contributed by atoms with Gasteiger partial charge >= 0.3 is 0 Å². The lowest BCUT2D eigenvalue weighted by atomic mass is 9.68. The molecule has 0 spiro atoms. The van der Waals surface area contributed by atoms with Crippen molar-refractivity contribution in [2.24, 2.45) is 17.8 Å². The van der Waals surface area contributed by atoms with Crippen LogP contribution in [0.5, 0.6) is 5.75 Å². The number of halogens is 2. The lowest BCUT2D eigenvalue weighted by Gasteiger charge is -2.37. The zero-order valence-electron chi connectivity index (χ0n) is 16.5. The van der Waals surface area contributed by atoms with Crippen LogP contribution < -0.4 is 4.74 Å². The van der Waals surface area contributed by atoms with Crippen molar-refractivity contribution < 1.29 is 13.5 Å². The van der Waals surface area contributed by atoms with E-state index in [1.165, 1.54) is 44.9 Å². The smallest absolute Gasteiger partial charge is 0.200 e. The van der Waals surface area contributed by atoms with E-state index in [9.17, 15) is 8.78 Å². The van der Waals surface area contributed by atoms with Gasteiger partial charge in [0.2, 0.25) is 5.82 Å². The summed E-state index contributed by atoms with van der Waals surface area (Å²) in [7, 11) is 0. The van der Waals surface area contributed by atoms with Gasteiger partial charge in [0.25, 0.3) is 0 Å². The molecular formula is C24H32F2O. The van der Waals surface area contributed by atoms with E-state index in [0.29, 0.717) is 18.1 Å². The van der Waals surface area contributed by atoms with Crippen LogP contribution >= 0.6 is 0 Å². The van der Waals surface area contributed by atoms with Crippen molar-refractivity contribution in [2.45, 2.75) is 77.6 Å². The molecule has 0 bridgehead atoms. The second-order valence-corrected chi connectivity index (χ2v) is 8.83. The molecule has 0 amide bonds. The van der Waals surface area contributed by atoms with E-state index < -0.39 is 11.6 Å². The van der Waals surface area contributed by atoms with Crippen LogP contribution in [0.4, 0.5) is 8.78 Å². The molecule has 3 aliphatic carbocycles. The third-order valence-corrected chi connectivity index (χ3v) is 7.01. The Morgan fingerprint density at radius 3 is 2.15 bits per heavy atom. The summed E-state index contributed by atoms with van der Waals surface area (Å²) in [6.45, 7) is 2.12. The number of rotatable bonds is 6. The second kappa shape index (κ2) is 8.49. The first-order valence-electron chi connectivity index (χ1n) is 11.0. The Morgan fingerprint density at radius 1 is 0.852 bits per heavy atom. The lowest BCUT2D eigenvalue weighted by Crippen LogP contribution is -2.24. The summed E-state index contributed by atoms with van der Waals surface area (Å²) in [4.78, 5) is 0. The molecule has 0 atom stereocenters. The first-order chi connectivity index (χ1) is 13.2. The highest BCUT2D eigenvalue weighted by molar-refractivity contribution is 5.39. The first-order valence-corrected chi connectivity index (χ1v) is 11.0.